The van der Waals surface area contributed by atoms with Crippen molar-refractivity contribution in [3.05, 3.63) is 188 Å². The molecule has 8 aromatic carbocycles. The van der Waals surface area contributed by atoms with E-state index in [4.69, 9.17) is 0 Å². The van der Waals surface area contributed by atoms with Crippen LogP contribution in [0.1, 0.15) is 5.56 Å². The van der Waals surface area contributed by atoms with Crippen molar-refractivity contribution in [2.45, 2.75) is 6.92 Å². The average Bonchev–Trinajstić information content (AvgIpc) is 3.13. The molecule has 0 atom stereocenters. The van der Waals surface area contributed by atoms with E-state index in [1.165, 1.54) is 60.5 Å². The maximum Gasteiger partial charge on any atom is 0.0462 e. The maximum absolute atomic E-state index is 2.34. The van der Waals surface area contributed by atoms with Crippen LogP contribution in [-0.2, 0) is 0 Å². The molecule has 0 aliphatic heterocycles. The number of rotatable bonds is 6. The number of hydrogen-bond donors (Lipinski definition) is 0. The van der Waals surface area contributed by atoms with E-state index in [1.807, 2.05) is 0 Å². The lowest BCUT2D eigenvalue weighted by Gasteiger charge is -2.26. The normalized spacial score (nSPS) is 11.2. The third-order valence-electron chi connectivity index (χ3n) is 8.95. The van der Waals surface area contributed by atoms with Crippen molar-refractivity contribution in [1.82, 2.24) is 0 Å². The lowest BCUT2D eigenvalue weighted by Crippen LogP contribution is -2.09. The number of anilines is 3. The Labute approximate surface area is 270 Å². The quantitative estimate of drug-likeness (QED) is 0.175. The maximum atomic E-state index is 2.34. The molecule has 1 heteroatoms. The van der Waals surface area contributed by atoms with Crippen molar-refractivity contribution >= 4 is 38.6 Å². The van der Waals surface area contributed by atoms with Crippen molar-refractivity contribution in [3.8, 4) is 33.4 Å². The van der Waals surface area contributed by atoms with Gasteiger partial charge in [-0.3, -0.25) is 0 Å². The number of hydrogen-bond acceptors (Lipinski definition) is 1. The van der Waals surface area contributed by atoms with Crippen LogP contribution in [0.2, 0.25) is 0 Å². The second-order valence-electron chi connectivity index (χ2n) is 11.9. The zero-order chi connectivity index (χ0) is 30.9. The Balaban J connectivity index is 1.21. The first-order chi connectivity index (χ1) is 22.7. The molecule has 0 radical (unpaired) electrons. The van der Waals surface area contributed by atoms with Crippen molar-refractivity contribution in [2.75, 3.05) is 4.90 Å². The molecule has 0 fully saturated rings. The van der Waals surface area contributed by atoms with E-state index in [2.05, 4.69) is 194 Å². The fraction of sp³-hybridized carbons (Fsp3) is 0.0222. The van der Waals surface area contributed by atoms with Gasteiger partial charge < -0.3 is 4.90 Å². The van der Waals surface area contributed by atoms with E-state index in [1.54, 1.807) is 0 Å². The van der Waals surface area contributed by atoms with E-state index in [-0.39, 0.29) is 0 Å². The van der Waals surface area contributed by atoms with Crippen LogP contribution in [0.4, 0.5) is 17.1 Å². The lowest BCUT2D eigenvalue weighted by atomic mass is 9.93. The summed E-state index contributed by atoms with van der Waals surface area (Å²) in [4.78, 5) is 2.34. The summed E-state index contributed by atoms with van der Waals surface area (Å²) in [6, 6.07) is 65.8. The largest absolute Gasteiger partial charge is 0.311 e. The molecule has 0 saturated carbocycles. The summed E-state index contributed by atoms with van der Waals surface area (Å²) in [6.07, 6.45) is 0. The highest BCUT2D eigenvalue weighted by atomic mass is 15.1. The SMILES string of the molecule is Cc1ccc(-c2ccc(N(c3ccc(-c4ccccc4)cc3)c3ccc(-c4cc5ccccc5c5ccccc45)cc3)cc2)cc1. The zero-order valence-corrected chi connectivity index (χ0v) is 25.8. The Morgan fingerprint density at radius 1 is 0.326 bits per heavy atom. The fourth-order valence-electron chi connectivity index (χ4n) is 6.51. The molecule has 0 N–H and O–H groups in total. The predicted molar refractivity (Wildman–Crippen MR) is 197 cm³/mol. The van der Waals surface area contributed by atoms with Gasteiger partial charge in [-0.2, -0.15) is 0 Å². The highest BCUT2D eigenvalue weighted by molar-refractivity contribution is 6.13. The Morgan fingerprint density at radius 2 is 0.739 bits per heavy atom. The molecule has 8 rings (SSSR count). The van der Waals surface area contributed by atoms with Gasteiger partial charge in [-0.15, -0.1) is 0 Å². The minimum absolute atomic E-state index is 1.12. The second-order valence-corrected chi connectivity index (χ2v) is 11.9. The molecule has 0 aromatic heterocycles. The smallest absolute Gasteiger partial charge is 0.0462 e. The molecule has 0 heterocycles. The average molecular weight is 588 g/mol. The van der Waals surface area contributed by atoms with E-state index in [0.717, 1.165) is 17.1 Å². The summed E-state index contributed by atoms with van der Waals surface area (Å²) >= 11 is 0. The van der Waals surface area contributed by atoms with E-state index in [9.17, 15) is 0 Å². The van der Waals surface area contributed by atoms with Gasteiger partial charge in [0.2, 0.25) is 0 Å². The minimum Gasteiger partial charge on any atom is -0.311 e. The van der Waals surface area contributed by atoms with Gasteiger partial charge in [-0.1, -0.05) is 145 Å². The number of aryl methyl sites for hydroxylation is 1. The van der Waals surface area contributed by atoms with Gasteiger partial charge in [0.05, 0.1) is 0 Å². The van der Waals surface area contributed by atoms with Crippen molar-refractivity contribution < 1.29 is 0 Å². The van der Waals surface area contributed by atoms with Crippen LogP contribution in [-0.4, -0.2) is 0 Å². The highest BCUT2D eigenvalue weighted by Gasteiger charge is 2.15. The van der Waals surface area contributed by atoms with Gasteiger partial charge >= 0.3 is 0 Å². The molecule has 0 aliphatic carbocycles. The third-order valence-corrected chi connectivity index (χ3v) is 8.95. The molecule has 0 bridgehead atoms. The molecular formula is C45H33N. The number of nitrogens with zero attached hydrogens (tertiary/aromatic N) is 1. The van der Waals surface area contributed by atoms with Crippen LogP contribution in [0, 0.1) is 6.92 Å². The van der Waals surface area contributed by atoms with Gasteiger partial charge in [-0.05, 0) is 104 Å². The highest BCUT2D eigenvalue weighted by Crippen LogP contribution is 2.39. The van der Waals surface area contributed by atoms with Crippen molar-refractivity contribution in [3.63, 3.8) is 0 Å². The van der Waals surface area contributed by atoms with Crippen molar-refractivity contribution in [2.24, 2.45) is 0 Å². The monoisotopic (exact) mass is 587 g/mol. The van der Waals surface area contributed by atoms with Crippen LogP contribution in [0.25, 0.3) is 54.9 Å². The second kappa shape index (κ2) is 11.9. The molecule has 46 heavy (non-hydrogen) atoms. The van der Waals surface area contributed by atoms with E-state index >= 15 is 0 Å². The van der Waals surface area contributed by atoms with Crippen molar-refractivity contribution in [1.29, 1.82) is 0 Å². The predicted octanol–water partition coefficient (Wildman–Crippen LogP) is 12.8. The van der Waals surface area contributed by atoms with Crippen LogP contribution in [0.3, 0.4) is 0 Å². The Kier molecular flexibility index (Phi) is 7.13. The van der Waals surface area contributed by atoms with Gasteiger partial charge in [0.25, 0.3) is 0 Å². The first-order valence-electron chi connectivity index (χ1n) is 15.8. The Morgan fingerprint density at radius 3 is 1.30 bits per heavy atom. The van der Waals surface area contributed by atoms with Gasteiger partial charge in [-0.25, -0.2) is 0 Å². The van der Waals surface area contributed by atoms with Gasteiger partial charge in [0.1, 0.15) is 0 Å². The molecule has 1 nitrogen and oxygen atoms in total. The Hall–Kier alpha value is -5.92. The number of benzene rings is 8. The summed E-state index contributed by atoms with van der Waals surface area (Å²) in [7, 11) is 0. The summed E-state index contributed by atoms with van der Waals surface area (Å²) in [5.41, 5.74) is 11.9. The van der Waals surface area contributed by atoms with Crippen LogP contribution >= 0.6 is 0 Å². The molecule has 218 valence electrons. The number of fused-ring (bicyclic) bond motifs is 3. The summed E-state index contributed by atoms with van der Waals surface area (Å²) in [5, 5.41) is 5.11. The first-order valence-corrected chi connectivity index (χ1v) is 15.8. The zero-order valence-electron chi connectivity index (χ0n) is 25.8. The third kappa shape index (κ3) is 5.23. The standard InChI is InChI=1S/C45H33N/c1-32-15-17-34(18-16-32)36-21-27-40(28-22-36)46(39-25-19-35(20-26-39)33-9-3-2-4-10-33)41-29-23-37(24-30-41)45-31-38-11-5-6-12-42(38)43-13-7-8-14-44(43)45/h2-31H,1H3. The molecular weight excluding hydrogens is 555 g/mol. The molecule has 0 aliphatic rings. The van der Waals surface area contributed by atoms with Crippen LogP contribution in [0.15, 0.2) is 182 Å². The fourth-order valence-corrected chi connectivity index (χ4v) is 6.51. The Bertz CT molecular complexity index is 2260. The first kappa shape index (κ1) is 27.6. The van der Waals surface area contributed by atoms with Crippen LogP contribution in [0.5, 0.6) is 0 Å². The van der Waals surface area contributed by atoms with Gasteiger partial charge in [0.15, 0.2) is 0 Å². The minimum atomic E-state index is 1.12. The summed E-state index contributed by atoms with van der Waals surface area (Å²) in [5.74, 6) is 0. The molecule has 0 unspecified atom stereocenters. The molecule has 0 spiro atoms. The lowest BCUT2D eigenvalue weighted by molar-refractivity contribution is 1.28. The molecule has 8 aromatic rings. The molecule has 0 saturated heterocycles. The van der Waals surface area contributed by atoms with E-state index in [0.29, 0.717) is 0 Å². The molecule has 0 amide bonds. The van der Waals surface area contributed by atoms with E-state index < -0.39 is 0 Å². The summed E-state index contributed by atoms with van der Waals surface area (Å²) in [6.45, 7) is 2.13. The summed E-state index contributed by atoms with van der Waals surface area (Å²) < 4.78 is 0. The van der Waals surface area contributed by atoms with Crippen LogP contribution < -0.4 is 4.90 Å². The topological polar surface area (TPSA) is 3.24 Å². The van der Waals surface area contributed by atoms with Gasteiger partial charge in [0, 0.05) is 17.1 Å².